The lowest BCUT2D eigenvalue weighted by atomic mass is 10.2. The first-order valence-corrected chi connectivity index (χ1v) is 6.24. The molecule has 0 bridgehead atoms. The minimum Gasteiger partial charge on any atom is -0.353 e. The molecule has 15 heavy (non-hydrogen) atoms. The molecule has 1 saturated heterocycles. The van der Waals surface area contributed by atoms with Gasteiger partial charge < -0.3 is 14.4 Å². The second-order valence-corrected chi connectivity index (χ2v) is 4.32. The standard InChI is InChI=1S/C12H25NO2/c1-3-4-5-8-13(2)9-7-12-14-10-6-11-15-12/h12H,3-11H2,1-2H3. The number of unbranched alkanes of at least 4 members (excludes halogenated alkanes) is 2. The highest BCUT2D eigenvalue weighted by atomic mass is 16.7. The fraction of sp³-hybridized carbons (Fsp3) is 1.00. The molecule has 0 radical (unpaired) electrons. The molecule has 1 fully saturated rings. The molecule has 0 atom stereocenters. The Kier molecular flexibility index (Phi) is 6.98. The van der Waals surface area contributed by atoms with Gasteiger partial charge in [0.1, 0.15) is 0 Å². The second kappa shape index (κ2) is 8.08. The van der Waals surface area contributed by atoms with Crippen LogP contribution in [0, 0.1) is 0 Å². The molecule has 0 saturated carbocycles. The van der Waals surface area contributed by atoms with Gasteiger partial charge in [0, 0.05) is 13.0 Å². The zero-order chi connectivity index (χ0) is 10.9. The number of ether oxygens (including phenoxy) is 2. The van der Waals surface area contributed by atoms with E-state index in [0.29, 0.717) is 0 Å². The quantitative estimate of drug-likeness (QED) is 0.608. The molecule has 1 rings (SSSR count). The molecule has 1 aliphatic heterocycles. The van der Waals surface area contributed by atoms with E-state index in [2.05, 4.69) is 18.9 Å². The Morgan fingerprint density at radius 3 is 2.53 bits per heavy atom. The zero-order valence-electron chi connectivity index (χ0n) is 10.2. The summed E-state index contributed by atoms with van der Waals surface area (Å²) >= 11 is 0. The maximum atomic E-state index is 5.51. The van der Waals surface area contributed by atoms with Crippen LogP contribution in [0.5, 0.6) is 0 Å². The highest BCUT2D eigenvalue weighted by Crippen LogP contribution is 2.09. The van der Waals surface area contributed by atoms with Gasteiger partial charge in [-0.25, -0.2) is 0 Å². The van der Waals surface area contributed by atoms with E-state index >= 15 is 0 Å². The van der Waals surface area contributed by atoms with Crippen molar-refractivity contribution in [3.63, 3.8) is 0 Å². The molecule has 0 spiro atoms. The van der Waals surface area contributed by atoms with Gasteiger partial charge in [0.15, 0.2) is 6.29 Å². The van der Waals surface area contributed by atoms with Gasteiger partial charge in [0.25, 0.3) is 0 Å². The summed E-state index contributed by atoms with van der Waals surface area (Å²) < 4.78 is 11.0. The average molecular weight is 215 g/mol. The van der Waals surface area contributed by atoms with Gasteiger partial charge in [-0.15, -0.1) is 0 Å². The third-order valence-electron chi connectivity index (χ3n) is 2.79. The molecule has 3 heteroatoms. The van der Waals surface area contributed by atoms with Crippen LogP contribution in [0.2, 0.25) is 0 Å². The van der Waals surface area contributed by atoms with E-state index in [9.17, 15) is 0 Å². The Morgan fingerprint density at radius 1 is 1.13 bits per heavy atom. The van der Waals surface area contributed by atoms with E-state index in [1.54, 1.807) is 0 Å². The Hall–Kier alpha value is -0.120. The first kappa shape index (κ1) is 12.9. The van der Waals surface area contributed by atoms with Crippen LogP contribution in [0.3, 0.4) is 0 Å². The fourth-order valence-electron chi connectivity index (χ4n) is 1.77. The van der Waals surface area contributed by atoms with Gasteiger partial charge in [-0.3, -0.25) is 0 Å². The zero-order valence-corrected chi connectivity index (χ0v) is 10.2. The SMILES string of the molecule is CCCCCN(C)CCC1OCCCO1. The van der Waals surface area contributed by atoms with Crippen molar-refractivity contribution in [1.29, 1.82) is 0 Å². The van der Waals surface area contributed by atoms with E-state index in [0.717, 1.165) is 32.6 Å². The van der Waals surface area contributed by atoms with Crippen molar-refractivity contribution in [2.75, 3.05) is 33.4 Å². The molecule has 90 valence electrons. The maximum absolute atomic E-state index is 5.51. The number of nitrogens with zero attached hydrogens (tertiary/aromatic N) is 1. The summed E-state index contributed by atoms with van der Waals surface area (Å²) in [6.45, 7) is 6.24. The van der Waals surface area contributed by atoms with Gasteiger partial charge in [-0.1, -0.05) is 19.8 Å². The van der Waals surface area contributed by atoms with Crippen LogP contribution in [0.4, 0.5) is 0 Å². The van der Waals surface area contributed by atoms with Crippen molar-refractivity contribution in [2.45, 2.75) is 45.3 Å². The summed E-state index contributed by atoms with van der Waals surface area (Å²) in [5.41, 5.74) is 0. The monoisotopic (exact) mass is 215 g/mol. The van der Waals surface area contributed by atoms with Crippen molar-refractivity contribution in [1.82, 2.24) is 4.90 Å². The smallest absolute Gasteiger partial charge is 0.158 e. The third-order valence-corrected chi connectivity index (χ3v) is 2.79. The summed E-state index contributed by atoms with van der Waals surface area (Å²) in [5, 5.41) is 0. The third kappa shape index (κ3) is 6.13. The van der Waals surface area contributed by atoms with Crippen LogP contribution < -0.4 is 0 Å². The second-order valence-electron chi connectivity index (χ2n) is 4.32. The van der Waals surface area contributed by atoms with Gasteiger partial charge in [-0.2, -0.15) is 0 Å². The predicted octanol–water partition coefficient (Wildman–Crippen LogP) is 2.26. The lowest BCUT2D eigenvalue weighted by molar-refractivity contribution is -0.182. The van der Waals surface area contributed by atoms with E-state index < -0.39 is 0 Å². The molecule has 1 heterocycles. The first-order chi connectivity index (χ1) is 7.33. The molecular weight excluding hydrogens is 190 g/mol. The van der Waals surface area contributed by atoms with Gasteiger partial charge in [0.2, 0.25) is 0 Å². The normalized spacial score (nSPS) is 18.6. The number of rotatable bonds is 7. The molecule has 0 aromatic carbocycles. The highest BCUT2D eigenvalue weighted by molar-refractivity contribution is 4.57. The minimum atomic E-state index is 0.0485. The Balaban J connectivity index is 1.97. The van der Waals surface area contributed by atoms with E-state index in [1.165, 1.54) is 25.8 Å². The van der Waals surface area contributed by atoms with Gasteiger partial charge in [-0.05, 0) is 26.4 Å². The minimum absolute atomic E-state index is 0.0485. The van der Waals surface area contributed by atoms with Crippen LogP contribution in [0.15, 0.2) is 0 Å². The van der Waals surface area contributed by atoms with Crippen molar-refractivity contribution < 1.29 is 9.47 Å². The van der Waals surface area contributed by atoms with Crippen molar-refractivity contribution in [2.24, 2.45) is 0 Å². The van der Waals surface area contributed by atoms with Crippen LogP contribution in [-0.4, -0.2) is 44.5 Å². The average Bonchev–Trinajstić information content (AvgIpc) is 2.28. The molecule has 3 nitrogen and oxygen atoms in total. The van der Waals surface area contributed by atoms with E-state index in [-0.39, 0.29) is 6.29 Å². The molecule has 0 aliphatic carbocycles. The number of hydrogen-bond acceptors (Lipinski definition) is 3. The summed E-state index contributed by atoms with van der Waals surface area (Å²) in [7, 11) is 2.18. The topological polar surface area (TPSA) is 21.7 Å². The molecule has 0 aromatic heterocycles. The Morgan fingerprint density at radius 2 is 1.87 bits per heavy atom. The Bertz CT molecular complexity index is 147. The molecule has 0 N–H and O–H groups in total. The maximum Gasteiger partial charge on any atom is 0.158 e. The van der Waals surface area contributed by atoms with Crippen molar-refractivity contribution >= 4 is 0 Å². The van der Waals surface area contributed by atoms with Crippen LogP contribution >= 0.6 is 0 Å². The largest absolute Gasteiger partial charge is 0.353 e. The van der Waals surface area contributed by atoms with Crippen LogP contribution in [0.25, 0.3) is 0 Å². The van der Waals surface area contributed by atoms with Gasteiger partial charge >= 0.3 is 0 Å². The molecule has 0 aromatic rings. The van der Waals surface area contributed by atoms with Crippen LogP contribution in [-0.2, 0) is 9.47 Å². The lowest BCUT2D eigenvalue weighted by Gasteiger charge is -2.25. The van der Waals surface area contributed by atoms with Crippen molar-refractivity contribution in [3.05, 3.63) is 0 Å². The predicted molar refractivity (Wildman–Crippen MR) is 61.9 cm³/mol. The van der Waals surface area contributed by atoms with Crippen molar-refractivity contribution in [3.8, 4) is 0 Å². The first-order valence-electron chi connectivity index (χ1n) is 6.24. The lowest BCUT2D eigenvalue weighted by Crippen LogP contribution is -2.30. The van der Waals surface area contributed by atoms with E-state index in [4.69, 9.17) is 9.47 Å². The fourth-order valence-corrected chi connectivity index (χ4v) is 1.77. The van der Waals surface area contributed by atoms with Crippen LogP contribution in [0.1, 0.15) is 39.0 Å². The summed E-state index contributed by atoms with van der Waals surface area (Å²) in [6, 6.07) is 0. The molecule has 0 unspecified atom stereocenters. The summed E-state index contributed by atoms with van der Waals surface area (Å²) in [5.74, 6) is 0. The molecular formula is C12H25NO2. The highest BCUT2D eigenvalue weighted by Gasteiger charge is 2.14. The van der Waals surface area contributed by atoms with E-state index in [1.807, 2.05) is 0 Å². The Labute approximate surface area is 93.7 Å². The summed E-state index contributed by atoms with van der Waals surface area (Å²) in [6.07, 6.45) is 6.03. The summed E-state index contributed by atoms with van der Waals surface area (Å²) in [4.78, 5) is 2.37. The molecule has 0 amide bonds. The number of hydrogen-bond donors (Lipinski definition) is 0. The molecule has 1 aliphatic rings. The van der Waals surface area contributed by atoms with Gasteiger partial charge in [0.05, 0.1) is 13.2 Å².